The highest BCUT2D eigenvalue weighted by Gasteiger charge is 2.36. The summed E-state index contributed by atoms with van der Waals surface area (Å²) in [5.74, 6) is 0.174. The fraction of sp³-hybridized carbons (Fsp3) is 0.875. The van der Waals surface area contributed by atoms with Gasteiger partial charge in [-0.3, -0.25) is 4.79 Å². The average Bonchev–Trinajstić information content (AvgIpc) is 2.64. The molecule has 1 N–H and O–H groups in total. The molecule has 1 aliphatic carbocycles. The molecule has 1 amide bonds. The molecule has 0 aromatic rings. The van der Waals surface area contributed by atoms with Crippen LogP contribution in [0.15, 0.2) is 0 Å². The fourth-order valence-electron chi connectivity index (χ4n) is 0.827. The standard InChI is InChI=1S/C8H15NO/c1-3-7(10)9-6-8(2)4-5-8/h3-6H2,1-2H3,(H,9,10). The van der Waals surface area contributed by atoms with Gasteiger partial charge in [-0.2, -0.15) is 0 Å². The van der Waals surface area contributed by atoms with Crippen LogP contribution in [-0.4, -0.2) is 12.5 Å². The molecular formula is C8H15NO. The van der Waals surface area contributed by atoms with Gasteiger partial charge >= 0.3 is 0 Å². The van der Waals surface area contributed by atoms with Crippen LogP contribution in [0.5, 0.6) is 0 Å². The van der Waals surface area contributed by atoms with Crippen molar-refractivity contribution in [3.63, 3.8) is 0 Å². The number of carbonyl (C=O) groups is 1. The minimum absolute atomic E-state index is 0.174. The Balaban J connectivity index is 2.10. The lowest BCUT2D eigenvalue weighted by Gasteiger charge is -2.08. The minimum Gasteiger partial charge on any atom is -0.356 e. The number of amides is 1. The van der Waals surface area contributed by atoms with E-state index in [1.54, 1.807) is 0 Å². The summed E-state index contributed by atoms with van der Waals surface area (Å²) < 4.78 is 0. The molecule has 0 aliphatic heterocycles. The molecule has 58 valence electrons. The Morgan fingerprint density at radius 1 is 1.60 bits per heavy atom. The zero-order valence-electron chi connectivity index (χ0n) is 6.74. The second kappa shape index (κ2) is 2.60. The maximum atomic E-state index is 10.8. The SMILES string of the molecule is CCC(=O)NCC1(C)CC1. The van der Waals surface area contributed by atoms with Crippen LogP contribution in [0.3, 0.4) is 0 Å². The van der Waals surface area contributed by atoms with Crippen molar-refractivity contribution in [3.05, 3.63) is 0 Å². The van der Waals surface area contributed by atoms with Crippen LogP contribution in [0.25, 0.3) is 0 Å². The zero-order valence-corrected chi connectivity index (χ0v) is 6.74. The van der Waals surface area contributed by atoms with Gasteiger partial charge in [0, 0.05) is 13.0 Å². The molecule has 2 nitrogen and oxygen atoms in total. The largest absolute Gasteiger partial charge is 0.356 e. The molecule has 0 aromatic carbocycles. The smallest absolute Gasteiger partial charge is 0.219 e. The van der Waals surface area contributed by atoms with Crippen LogP contribution in [0.4, 0.5) is 0 Å². The van der Waals surface area contributed by atoms with Crippen LogP contribution in [0, 0.1) is 5.41 Å². The molecule has 1 aliphatic rings. The maximum Gasteiger partial charge on any atom is 0.219 e. The van der Waals surface area contributed by atoms with Crippen molar-refractivity contribution in [2.45, 2.75) is 33.1 Å². The first-order valence-corrected chi connectivity index (χ1v) is 3.93. The number of nitrogens with one attached hydrogen (secondary N) is 1. The second-order valence-corrected chi connectivity index (χ2v) is 3.44. The number of rotatable bonds is 3. The first-order valence-electron chi connectivity index (χ1n) is 3.93. The summed E-state index contributed by atoms with van der Waals surface area (Å²) in [7, 11) is 0. The van der Waals surface area contributed by atoms with E-state index in [4.69, 9.17) is 0 Å². The van der Waals surface area contributed by atoms with Crippen molar-refractivity contribution >= 4 is 5.91 Å². The van der Waals surface area contributed by atoms with Crippen LogP contribution in [0.2, 0.25) is 0 Å². The number of carbonyl (C=O) groups excluding carboxylic acids is 1. The molecule has 2 heteroatoms. The highest BCUT2D eigenvalue weighted by molar-refractivity contribution is 5.75. The van der Waals surface area contributed by atoms with Crippen molar-refractivity contribution in [3.8, 4) is 0 Å². The van der Waals surface area contributed by atoms with E-state index in [-0.39, 0.29) is 5.91 Å². The van der Waals surface area contributed by atoms with E-state index < -0.39 is 0 Å². The normalized spacial score (nSPS) is 20.2. The molecule has 0 aromatic heterocycles. The first-order chi connectivity index (χ1) is 4.66. The highest BCUT2D eigenvalue weighted by Crippen LogP contribution is 2.43. The summed E-state index contributed by atoms with van der Waals surface area (Å²) in [5, 5.41) is 2.90. The van der Waals surface area contributed by atoms with E-state index in [1.165, 1.54) is 12.8 Å². The maximum absolute atomic E-state index is 10.8. The Morgan fingerprint density at radius 2 is 2.20 bits per heavy atom. The van der Waals surface area contributed by atoms with Gasteiger partial charge < -0.3 is 5.32 Å². The lowest BCUT2D eigenvalue weighted by molar-refractivity contribution is -0.121. The predicted octanol–water partition coefficient (Wildman–Crippen LogP) is 1.31. The molecule has 1 fully saturated rings. The molecule has 0 spiro atoms. The van der Waals surface area contributed by atoms with Crippen molar-refractivity contribution in [1.82, 2.24) is 5.32 Å². The topological polar surface area (TPSA) is 29.1 Å². The summed E-state index contributed by atoms with van der Waals surface area (Å²) in [6.07, 6.45) is 3.16. The van der Waals surface area contributed by atoms with Crippen LogP contribution < -0.4 is 5.32 Å². The van der Waals surface area contributed by atoms with E-state index in [0.717, 1.165) is 6.54 Å². The third-order valence-corrected chi connectivity index (χ3v) is 2.14. The molecule has 0 heterocycles. The zero-order chi connectivity index (χ0) is 7.61. The molecule has 0 unspecified atom stereocenters. The Labute approximate surface area is 62.0 Å². The third kappa shape index (κ3) is 2.01. The van der Waals surface area contributed by atoms with Crippen molar-refractivity contribution < 1.29 is 4.79 Å². The van der Waals surface area contributed by atoms with E-state index in [2.05, 4.69) is 12.2 Å². The van der Waals surface area contributed by atoms with Gasteiger partial charge in [-0.05, 0) is 18.3 Å². The summed E-state index contributed by atoms with van der Waals surface area (Å²) in [4.78, 5) is 10.8. The molecule has 1 rings (SSSR count). The molecule has 0 radical (unpaired) electrons. The van der Waals surface area contributed by atoms with Crippen LogP contribution in [-0.2, 0) is 4.79 Å². The van der Waals surface area contributed by atoms with Gasteiger partial charge in [0.15, 0.2) is 0 Å². The summed E-state index contributed by atoms with van der Waals surface area (Å²) in [6, 6.07) is 0. The van der Waals surface area contributed by atoms with Gasteiger partial charge in [0.25, 0.3) is 0 Å². The summed E-state index contributed by atoms with van der Waals surface area (Å²) >= 11 is 0. The van der Waals surface area contributed by atoms with Gasteiger partial charge in [-0.1, -0.05) is 13.8 Å². The number of hydrogen-bond acceptors (Lipinski definition) is 1. The lowest BCUT2D eigenvalue weighted by Crippen LogP contribution is -2.27. The minimum atomic E-state index is 0.174. The average molecular weight is 141 g/mol. The molecule has 1 saturated carbocycles. The molecule has 0 saturated heterocycles. The third-order valence-electron chi connectivity index (χ3n) is 2.14. The van der Waals surface area contributed by atoms with Crippen molar-refractivity contribution in [2.75, 3.05) is 6.54 Å². The van der Waals surface area contributed by atoms with Crippen molar-refractivity contribution in [1.29, 1.82) is 0 Å². The molecular weight excluding hydrogens is 126 g/mol. The molecule has 0 atom stereocenters. The van der Waals surface area contributed by atoms with E-state index in [9.17, 15) is 4.79 Å². The lowest BCUT2D eigenvalue weighted by atomic mass is 10.1. The summed E-state index contributed by atoms with van der Waals surface area (Å²) in [5.41, 5.74) is 0.449. The molecule has 10 heavy (non-hydrogen) atoms. The van der Waals surface area contributed by atoms with Gasteiger partial charge in [0.05, 0.1) is 0 Å². The Morgan fingerprint density at radius 3 is 2.60 bits per heavy atom. The predicted molar refractivity (Wildman–Crippen MR) is 40.6 cm³/mol. The second-order valence-electron chi connectivity index (χ2n) is 3.44. The van der Waals surface area contributed by atoms with Crippen LogP contribution in [0.1, 0.15) is 33.1 Å². The Kier molecular flexibility index (Phi) is 1.97. The monoisotopic (exact) mass is 141 g/mol. The fourth-order valence-corrected chi connectivity index (χ4v) is 0.827. The van der Waals surface area contributed by atoms with Crippen LogP contribution >= 0.6 is 0 Å². The van der Waals surface area contributed by atoms with Gasteiger partial charge in [0.1, 0.15) is 0 Å². The van der Waals surface area contributed by atoms with Gasteiger partial charge in [0.2, 0.25) is 5.91 Å². The Bertz CT molecular complexity index is 138. The molecule has 0 bridgehead atoms. The van der Waals surface area contributed by atoms with E-state index >= 15 is 0 Å². The summed E-state index contributed by atoms with van der Waals surface area (Å²) in [6.45, 7) is 4.97. The first kappa shape index (κ1) is 7.58. The van der Waals surface area contributed by atoms with Gasteiger partial charge in [-0.15, -0.1) is 0 Å². The van der Waals surface area contributed by atoms with E-state index in [0.29, 0.717) is 11.8 Å². The van der Waals surface area contributed by atoms with Crippen molar-refractivity contribution in [2.24, 2.45) is 5.41 Å². The van der Waals surface area contributed by atoms with E-state index in [1.807, 2.05) is 6.92 Å². The number of hydrogen-bond donors (Lipinski definition) is 1. The quantitative estimate of drug-likeness (QED) is 0.631. The Hall–Kier alpha value is -0.530. The van der Waals surface area contributed by atoms with Gasteiger partial charge in [-0.25, -0.2) is 0 Å². The highest BCUT2D eigenvalue weighted by atomic mass is 16.1.